The highest BCUT2D eigenvalue weighted by Gasteiger charge is 2.24. The molecular formula is C21H34N4O. The molecule has 0 bridgehead atoms. The molecule has 3 rings (SSSR count). The van der Waals surface area contributed by atoms with E-state index in [-0.39, 0.29) is 11.8 Å². The zero-order valence-electron chi connectivity index (χ0n) is 16.1. The number of piperidine rings is 1. The third-order valence-electron chi connectivity index (χ3n) is 5.69. The van der Waals surface area contributed by atoms with E-state index in [1.165, 1.54) is 5.69 Å². The van der Waals surface area contributed by atoms with Crippen LogP contribution in [0.25, 0.3) is 0 Å². The van der Waals surface area contributed by atoms with Crippen molar-refractivity contribution in [2.45, 2.75) is 38.6 Å². The van der Waals surface area contributed by atoms with E-state index >= 15 is 0 Å². The molecule has 144 valence electrons. The lowest BCUT2D eigenvalue weighted by atomic mass is 9.92. The van der Waals surface area contributed by atoms with Gasteiger partial charge in [-0.25, -0.2) is 0 Å². The van der Waals surface area contributed by atoms with Crippen molar-refractivity contribution in [1.82, 2.24) is 15.5 Å². The van der Waals surface area contributed by atoms with Gasteiger partial charge in [-0.3, -0.25) is 9.69 Å². The lowest BCUT2D eigenvalue weighted by molar-refractivity contribution is -0.126. The summed E-state index contributed by atoms with van der Waals surface area (Å²) >= 11 is 0. The van der Waals surface area contributed by atoms with Crippen molar-refractivity contribution in [2.75, 3.05) is 50.7 Å². The largest absolute Gasteiger partial charge is 0.369 e. The molecule has 1 aromatic carbocycles. The standard InChI is InChI=1S/C21H34N4O/c1-18-17-19(9-11-22-18)21(26)23-10-5-6-12-24-13-15-25(16-14-24)20-7-3-2-4-8-20/h2-4,7-8,18-19,22H,5-6,9-17H2,1H3,(H,23,26)/t18-,19-/m0/s1. The minimum absolute atomic E-state index is 0.206. The molecule has 0 aliphatic carbocycles. The smallest absolute Gasteiger partial charge is 0.223 e. The van der Waals surface area contributed by atoms with Crippen molar-refractivity contribution in [3.8, 4) is 0 Å². The fourth-order valence-electron chi connectivity index (χ4n) is 4.05. The minimum atomic E-state index is 0.206. The third kappa shape index (κ3) is 5.71. The third-order valence-corrected chi connectivity index (χ3v) is 5.69. The quantitative estimate of drug-likeness (QED) is 0.733. The predicted molar refractivity (Wildman–Crippen MR) is 108 cm³/mol. The number of para-hydroxylation sites is 1. The molecule has 2 atom stereocenters. The number of piperazine rings is 1. The summed E-state index contributed by atoms with van der Waals surface area (Å²) in [6.45, 7) is 9.57. The number of unbranched alkanes of at least 4 members (excludes halogenated alkanes) is 1. The number of hydrogen-bond acceptors (Lipinski definition) is 4. The molecule has 2 saturated heterocycles. The summed E-state index contributed by atoms with van der Waals surface area (Å²) < 4.78 is 0. The fraction of sp³-hybridized carbons (Fsp3) is 0.667. The van der Waals surface area contributed by atoms with E-state index in [0.717, 1.165) is 71.5 Å². The van der Waals surface area contributed by atoms with Crippen molar-refractivity contribution < 1.29 is 4.79 Å². The highest BCUT2D eigenvalue weighted by Crippen LogP contribution is 2.17. The molecular weight excluding hydrogens is 324 g/mol. The molecule has 26 heavy (non-hydrogen) atoms. The Labute approximate surface area is 158 Å². The topological polar surface area (TPSA) is 47.6 Å². The molecule has 5 nitrogen and oxygen atoms in total. The van der Waals surface area contributed by atoms with Gasteiger partial charge < -0.3 is 15.5 Å². The summed E-state index contributed by atoms with van der Waals surface area (Å²) in [5, 5.41) is 6.55. The number of rotatable bonds is 7. The Morgan fingerprint density at radius 3 is 2.65 bits per heavy atom. The second-order valence-corrected chi connectivity index (χ2v) is 7.74. The molecule has 2 heterocycles. The van der Waals surface area contributed by atoms with Crippen molar-refractivity contribution in [3.05, 3.63) is 30.3 Å². The average molecular weight is 359 g/mol. The molecule has 0 radical (unpaired) electrons. The lowest BCUT2D eigenvalue weighted by Gasteiger charge is -2.36. The number of benzene rings is 1. The Kier molecular flexibility index (Phi) is 7.32. The second-order valence-electron chi connectivity index (χ2n) is 7.74. The number of hydrogen-bond donors (Lipinski definition) is 2. The van der Waals surface area contributed by atoms with Gasteiger partial charge in [0.05, 0.1) is 0 Å². The van der Waals surface area contributed by atoms with E-state index in [1.807, 2.05) is 0 Å². The first kappa shape index (κ1) is 19.2. The average Bonchev–Trinajstić information content (AvgIpc) is 2.69. The van der Waals surface area contributed by atoms with E-state index in [2.05, 4.69) is 57.7 Å². The Balaban J connectivity index is 1.25. The minimum Gasteiger partial charge on any atom is -0.369 e. The SMILES string of the molecule is C[C@H]1C[C@@H](C(=O)NCCCCN2CCN(c3ccccc3)CC2)CCN1. The van der Waals surface area contributed by atoms with E-state index in [4.69, 9.17) is 0 Å². The summed E-state index contributed by atoms with van der Waals surface area (Å²) in [5.74, 6) is 0.465. The maximum Gasteiger partial charge on any atom is 0.223 e. The van der Waals surface area contributed by atoms with Gasteiger partial charge in [0, 0.05) is 50.4 Å². The van der Waals surface area contributed by atoms with Crippen LogP contribution in [0.15, 0.2) is 30.3 Å². The van der Waals surface area contributed by atoms with Crippen LogP contribution >= 0.6 is 0 Å². The van der Waals surface area contributed by atoms with Gasteiger partial charge in [-0.15, -0.1) is 0 Å². The number of amides is 1. The van der Waals surface area contributed by atoms with Gasteiger partial charge in [0.1, 0.15) is 0 Å². The zero-order chi connectivity index (χ0) is 18.2. The van der Waals surface area contributed by atoms with Gasteiger partial charge in [0.25, 0.3) is 0 Å². The highest BCUT2D eigenvalue weighted by atomic mass is 16.1. The summed E-state index contributed by atoms with van der Waals surface area (Å²) in [5.41, 5.74) is 1.34. The van der Waals surface area contributed by atoms with Gasteiger partial charge in [0.2, 0.25) is 5.91 Å². The summed E-state index contributed by atoms with van der Waals surface area (Å²) in [6, 6.07) is 11.2. The van der Waals surface area contributed by atoms with Crippen LogP contribution in [0.2, 0.25) is 0 Å². The van der Waals surface area contributed by atoms with E-state index in [9.17, 15) is 4.79 Å². The molecule has 1 amide bonds. The van der Waals surface area contributed by atoms with Crippen molar-refractivity contribution in [2.24, 2.45) is 5.92 Å². The van der Waals surface area contributed by atoms with Gasteiger partial charge in [-0.2, -0.15) is 0 Å². The number of nitrogens with zero attached hydrogens (tertiary/aromatic N) is 2. The first-order chi connectivity index (χ1) is 12.7. The highest BCUT2D eigenvalue weighted by molar-refractivity contribution is 5.78. The molecule has 0 aromatic heterocycles. The maximum absolute atomic E-state index is 12.2. The molecule has 2 aliphatic rings. The molecule has 5 heteroatoms. The van der Waals surface area contributed by atoms with Crippen LogP contribution < -0.4 is 15.5 Å². The van der Waals surface area contributed by atoms with Crippen LogP contribution in [0.3, 0.4) is 0 Å². The van der Waals surface area contributed by atoms with Crippen LogP contribution in [-0.2, 0) is 4.79 Å². The molecule has 2 aliphatic heterocycles. The Hall–Kier alpha value is -1.59. The monoisotopic (exact) mass is 358 g/mol. The fourth-order valence-corrected chi connectivity index (χ4v) is 4.05. The van der Waals surface area contributed by atoms with Crippen molar-refractivity contribution in [1.29, 1.82) is 0 Å². The molecule has 0 unspecified atom stereocenters. The van der Waals surface area contributed by atoms with Crippen LogP contribution in [0, 0.1) is 5.92 Å². The molecule has 0 saturated carbocycles. The lowest BCUT2D eigenvalue weighted by Crippen LogP contribution is -2.46. The van der Waals surface area contributed by atoms with E-state index < -0.39 is 0 Å². The number of carbonyl (C=O) groups is 1. The number of nitrogens with one attached hydrogen (secondary N) is 2. The first-order valence-electron chi connectivity index (χ1n) is 10.3. The van der Waals surface area contributed by atoms with Gasteiger partial charge in [0.15, 0.2) is 0 Å². The summed E-state index contributed by atoms with van der Waals surface area (Å²) in [4.78, 5) is 17.2. The van der Waals surface area contributed by atoms with Gasteiger partial charge in [-0.1, -0.05) is 18.2 Å². The normalized spacial score (nSPS) is 24.4. The summed E-state index contributed by atoms with van der Waals surface area (Å²) in [7, 11) is 0. The van der Waals surface area contributed by atoms with Gasteiger partial charge >= 0.3 is 0 Å². The van der Waals surface area contributed by atoms with Crippen LogP contribution in [0.4, 0.5) is 5.69 Å². The Morgan fingerprint density at radius 2 is 1.92 bits per heavy atom. The predicted octanol–water partition coefficient (Wildman–Crippen LogP) is 2.09. The van der Waals surface area contributed by atoms with E-state index in [0.29, 0.717) is 6.04 Å². The number of carbonyl (C=O) groups excluding carboxylic acids is 1. The maximum atomic E-state index is 12.2. The molecule has 2 fully saturated rings. The molecule has 0 spiro atoms. The first-order valence-corrected chi connectivity index (χ1v) is 10.3. The summed E-state index contributed by atoms with van der Waals surface area (Å²) in [6.07, 6.45) is 4.18. The van der Waals surface area contributed by atoms with E-state index in [1.54, 1.807) is 0 Å². The zero-order valence-corrected chi connectivity index (χ0v) is 16.1. The van der Waals surface area contributed by atoms with Crippen LogP contribution in [-0.4, -0.2) is 62.7 Å². The Morgan fingerprint density at radius 1 is 1.15 bits per heavy atom. The number of anilines is 1. The molecule has 2 N–H and O–H groups in total. The van der Waals surface area contributed by atoms with Crippen LogP contribution in [0.1, 0.15) is 32.6 Å². The van der Waals surface area contributed by atoms with Crippen molar-refractivity contribution in [3.63, 3.8) is 0 Å². The van der Waals surface area contributed by atoms with Crippen molar-refractivity contribution >= 4 is 11.6 Å². The Bertz CT molecular complexity index is 542. The van der Waals surface area contributed by atoms with Gasteiger partial charge in [-0.05, 0) is 57.8 Å². The van der Waals surface area contributed by atoms with Crippen LogP contribution in [0.5, 0.6) is 0 Å². The molecule has 1 aromatic rings. The second kappa shape index (κ2) is 9.93.